The third-order valence-corrected chi connectivity index (χ3v) is 6.35. The summed E-state index contributed by atoms with van der Waals surface area (Å²) < 4.78 is 0. The van der Waals surface area contributed by atoms with Crippen molar-refractivity contribution in [1.29, 1.82) is 0 Å². The molecule has 4 rings (SSSR count). The largest absolute Gasteiger partial charge is 0.347 e. The number of likely N-dealkylation sites (tertiary alicyclic amines) is 1. The molecule has 1 fully saturated rings. The molecule has 0 saturated carbocycles. The summed E-state index contributed by atoms with van der Waals surface area (Å²) in [4.78, 5) is 19.9. The van der Waals surface area contributed by atoms with Gasteiger partial charge in [-0.05, 0) is 67.1 Å². The summed E-state index contributed by atoms with van der Waals surface area (Å²) in [5.41, 5.74) is 3.34. The van der Waals surface area contributed by atoms with Crippen molar-refractivity contribution in [2.24, 2.45) is 5.92 Å². The number of pyridine rings is 1. The number of rotatable bonds is 8. The zero-order chi connectivity index (χ0) is 22.2. The van der Waals surface area contributed by atoms with Crippen molar-refractivity contribution < 1.29 is 4.79 Å². The number of nitrogens with one attached hydrogen (secondary N) is 1. The van der Waals surface area contributed by atoms with E-state index in [1.54, 1.807) is 0 Å². The summed E-state index contributed by atoms with van der Waals surface area (Å²) in [6.45, 7) is 2.85. The van der Waals surface area contributed by atoms with Crippen molar-refractivity contribution in [3.63, 3.8) is 0 Å². The summed E-state index contributed by atoms with van der Waals surface area (Å²) in [5, 5.41) is 4.09. The quantitative estimate of drug-likeness (QED) is 0.500. The Balaban J connectivity index is 1.43. The standard InChI is InChI=1S/C27H30ClN3O/c28-24-12-6-10-22(18-24)19-31-17-7-11-23(20-31)27(25-13-4-5-16-29-25)30-26(32)15-14-21-8-2-1-3-9-21/h1-6,8-10,12-13,16,18,23,27H,7,11,14-15,17,19-20H2,(H,30,32). The van der Waals surface area contributed by atoms with Crippen molar-refractivity contribution >= 4 is 17.5 Å². The van der Waals surface area contributed by atoms with Crippen molar-refractivity contribution in [2.45, 2.75) is 38.3 Å². The minimum absolute atomic E-state index is 0.0801. The van der Waals surface area contributed by atoms with Crippen LogP contribution >= 0.6 is 11.6 Å². The molecule has 166 valence electrons. The maximum absolute atomic E-state index is 12.9. The Morgan fingerprint density at radius 3 is 2.66 bits per heavy atom. The lowest BCUT2D eigenvalue weighted by molar-refractivity contribution is -0.122. The second-order valence-electron chi connectivity index (χ2n) is 8.55. The molecule has 2 atom stereocenters. The highest BCUT2D eigenvalue weighted by atomic mass is 35.5. The minimum atomic E-state index is -0.0818. The highest BCUT2D eigenvalue weighted by molar-refractivity contribution is 6.30. The van der Waals surface area contributed by atoms with Gasteiger partial charge in [0.05, 0.1) is 11.7 Å². The Labute approximate surface area is 195 Å². The second-order valence-corrected chi connectivity index (χ2v) is 8.99. The summed E-state index contributed by atoms with van der Waals surface area (Å²) in [5.74, 6) is 0.398. The number of carbonyl (C=O) groups is 1. The van der Waals surface area contributed by atoms with Crippen LogP contribution < -0.4 is 5.32 Å². The predicted octanol–water partition coefficient (Wildman–Crippen LogP) is 5.44. The lowest BCUT2D eigenvalue weighted by Crippen LogP contribution is -2.43. The van der Waals surface area contributed by atoms with E-state index in [-0.39, 0.29) is 11.9 Å². The molecule has 1 amide bonds. The lowest BCUT2D eigenvalue weighted by atomic mass is 9.88. The van der Waals surface area contributed by atoms with Crippen LogP contribution in [0.1, 0.15) is 42.1 Å². The molecule has 1 N–H and O–H groups in total. The van der Waals surface area contributed by atoms with Crippen molar-refractivity contribution in [3.05, 3.63) is 101 Å². The molecular weight excluding hydrogens is 418 g/mol. The first-order chi connectivity index (χ1) is 15.7. The van der Waals surface area contributed by atoms with Gasteiger partial charge in [-0.1, -0.05) is 60.1 Å². The molecule has 0 aliphatic carbocycles. The SMILES string of the molecule is O=C(CCc1ccccc1)NC(c1ccccn1)C1CCCN(Cc2cccc(Cl)c2)C1. The van der Waals surface area contributed by atoms with Gasteiger partial charge in [-0.15, -0.1) is 0 Å². The van der Waals surface area contributed by atoms with Crippen LogP contribution in [-0.4, -0.2) is 28.9 Å². The normalized spacial score (nSPS) is 17.6. The molecule has 1 aliphatic rings. The molecule has 32 heavy (non-hydrogen) atoms. The Morgan fingerprint density at radius 2 is 1.88 bits per heavy atom. The highest BCUT2D eigenvalue weighted by Gasteiger charge is 2.30. The predicted molar refractivity (Wildman–Crippen MR) is 129 cm³/mol. The second kappa shape index (κ2) is 11.3. The Hall–Kier alpha value is -2.69. The van der Waals surface area contributed by atoms with Crippen molar-refractivity contribution in [3.8, 4) is 0 Å². The summed E-state index contributed by atoms with van der Waals surface area (Å²) in [6, 6.07) is 24.1. The fourth-order valence-electron chi connectivity index (χ4n) is 4.54. The molecule has 1 aliphatic heterocycles. The molecule has 2 heterocycles. The number of benzene rings is 2. The maximum Gasteiger partial charge on any atom is 0.220 e. The maximum atomic E-state index is 12.9. The smallest absolute Gasteiger partial charge is 0.220 e. The van der Waals surface area contributed by atoms with Gasteiger partial charge >= 0.3 is 0 Å². The number of piperidine rings is 1. The van der Waals surface area contributed by atoms with Gasteiger partial charge in [0, 0.05) is 30.7 Å². The minimum Gasteiger partial charge on any atom is -0.347 e. The Bertz CT molecular complexity index is 996. The van der Waals surface area contributed by atoms with Gasteiger partial charge in [0.15, 0.2) is 0 Å². The average molecular weight is 448 g/mol. The van der Waals surface area contributed by atoms with E-state index < -0.39 is 0 Å². The molecular formula is C27H30ClN3O. The Kier molecular flexibility index (Phi) is 7.92. The summed E-state index contributed by atoms with van der Waals surface area (Å²) in [7, 11) is 0. The summed E-state index contributed by atoms with van der Waals surface area (Å²) in [6.07, 6.45) is 5.21. The molecule has 0 spiro atoms. The number of carbonyl (C=O) groups excluding carboxylic acids is 1. The summed E-state index contributed by atoms with van der Waals surface area (Å²) >= 11 is 6.18. The van der Waals surface area contributed by atoms with Gasteiger partial charge in [-0.3, -0.25) is 14.7 Å². The fraction of sp³-hybridized carbons (Fsp3) is 0.333. The van der Waals surface area contributed by atoms with E-state index in [9.17, 15) is 4.79 Å². The zero-order valence-electron chi connectivity index (χ0n) is 18.3. The monoisotopic (exact) mass is 447 g/mol. The van der Waals surface area contributed by atoms with Crippen LogP contribution in [0, 0.1) is 5.92 Å². The molecule has 0 bridgehead atoms. The molecule has 5 heteroatoms. The number of hydrogen-bond acceptors (Lipinski definition) is 3. The third-order valence-electron chi connectivity index (χ3n) is 6.12. The van der Waals surface area contributed by atoms with Gasteiger partial charge in [-0.25, -0.2) is 0 Å². The van der Waals surface area contributed by atoms with Crippen LogP contribution in [0.2, 0.25) is 5.02 Å². The molecule has 4 nitrogen and oxygen atoms in total. The van der Waals surface area contributed by atoms with Crippen LogP contribution in [0.4, 0.5) is 0 Å². The van der Waals surface area contributed by atoms with Gasteiger partial charge in [0.25, 0.3) is 0 Å². The Morgan fingerprint density at radius 1 is 1.06 bits per heavy atom. The van der Waals surface area contributed by atoms with E-state index >= 15 is 0 Å². The number of amides is 1. The zero-order valence-corrected chi connectivity index (χ0v) is 19.0. The number of nitrogens with zero attached hydrogens (tertiary/aromatic N) is 2. The van der Waals surface area contributed by atoms with Gasteiger partial charge in [-0.2, -0.15) is 0 Å². The molecule has 1 saturated heterocycles. The van der Waals surface area contributed by atoms with Crippen LogP contribution in [-0.2, 0) is 17.8 Å². The molecule has 2 aromatic carbocycles. The molecule has 2 unspecified atom stereocenters. The molecule has 1 aromatic heterocycles. The van der Waals surface area contributed by atoms with Gasteiger partial charge in [0.2, 0.25) is 5.91 Å². The number of halogens is 1. The van der Waals surface area contributed by atoms with Crippen molar-refractivity contribution in [2.75, 3.05) is 13.1 Å². The number of aryl methyl sites for hydroxylation is 1. The molecule has 0 radical (unpaired) electrons. The van der Waals surface area contributed by atoms with Crippen LogP contribution in [0.3, 0.4) is 0 Å². The first-order valence-electron chi connectivity index (χ1n) is 11.4. The van der Waals surface area contributed by atoms with E-state index in [4.69, 9.17) is 11.6 Å². The van der Waals surface area contributed by atoms with Crippen LogP contribution in [0.25, 0.3) is 0 Å². The third kappa shape index (κ3) is 6.41. The number of hydrogen-bond donors (Lipinski definition) is 1. The highest BCUT2D eigenvalue weighted by Crippen LogP contribution is 2.30. The van der Waals surface area contributed by atoms with E-state index in [2.05, 4.69) is 33.4 Å². The van der Waals surface area contributed by atoms with E-state index in [1.165, 1.54) is 11.1 Å². The topological polar surface area (TPSA) is 45.2 Å². The van der Waals surface area contributed by atoms with Crippen LogP contribution in [0.5, 0.6) is 0 Å². The van der Waals surface area contributed by atoms with Gasteiger partial charge in [0.1, 0.15) is 0 Å². The number of aromatic nitrogens is 1. The van der Waals surface area contributed by atoms with E-state index in [0.717, 1.165) is 49.6 Å². The van der Waals surface area contributed by atoms with E-state index in [1.807, 2.05) is 60.8 Å². The first-order valence-corrected chi connectivity index (χ1v) is 11.8. The molecule has 3 aromatic rings. The lowest BCUT2D eigenvalue weighted by Gasteiger charge is -2.37. The van der Waals surface area contributed by atoms with E-state index in [0.29, 0.717) is 12.3 Å². The first kappa shape index (κ1) is 22.5. The van der Waals surface area contributed by atoms with Crippen LogP contribution in [0.15, 0.2) is 79.0 Å². The fourth-order valence-corrected chi connectivity index (χ4v) is 4.75. The van der Waals surface area contributed by atoms with Crippen molar-refractivity contribution in [1.82, 2.24) is 15.2 Å². The van der Waals surface area contributed by atoms with Gasteiger partial charge < -0.3 is 5.32 Å². The average Bonchev–Trinajstić information content (AvgIpc) is 2.83.